The zero-order valence-corrected chi connectivity index (χ0v) is 18.8. The number of imide groups is 1. The molecule has 2 aliphatic rings. The highest BCUT2D eigenvalue weighted by molar-refractivity contribution is 7.99. The molecule has 1 aliphatic carbocycles. The number of benzene rings is 1. The molecule has 4 amide bonds. The lowest BCUT2D eigenvalue weighted by Crippen LogP contribution is -2.48. The number of nitrogens with zero attached hydrogens (tertiary/aromatic N) is 4. The van der Waals surface area contributed by atoms with Gasteiger partial charge < -0.3 is 5.32 Å². The van der Waals surface area contributed by atoms with Gasteiger partial charge in [-0.3, -0.25) is 19.6 Å². The lowest BCUT2D eigenvalue weighted by atomic mass is 9.92. The van der Waals surface area contributed by atoms with Crippen molar-refractivity contribution in [1.29, 1.82) is 0 Å². The Bertz CT molecular complexity index is 1180. The van der Waals surface area contributed by atoms with Gasteiger partial charge in [-0.1, -0.05) is 48.2 Å². The largest absolute Gasteiger partial charge is 0.344 e. The molecule has 3 heterocycles. The average Bonchev–Trinajstić information content (AvgIpc) is 3.23. The summed E-state index contributed by atoms with van der Waals surface area (Å²) < 4.78 is 2.07. The molecule has 0 bridgehead atoms. The molecular formula is C21H20N6O3S2. The van der Waals surface area contributed by atoms with Crippen molar-refractivity contribution in [3.8, 4) is 10.7 Å². The van der Waals surface area contributed by atoms with Crippen LogP contribution in [0.4, 0.5) is 4.79 Å². The van der Waals surface area contributed by atoms with Crippen molar-refractivity contribution < 1.29 is 14.4 Å². The second-order valence-corrected chi connectivity index (χ2v) is 9.66. The van der Waals surface area contributed by atoms with E-state index in [1.165, 1.54) is 11.8 Å². The molecule has 164 valence electrons. The number of carbonyl (C=O) groups excluding carboxylic acids is 3. The molecule has 1 atom stereocenters. The van der Waals surface area contributed by atoms with Crippen LogP contribution in [-0.2, 0) is 15.1 Å². The van der Waals surface area contributed by atoms with Gasteiger partial charge in [0.2, 0.25) is 5.91 Å². The van der Waals surface area contributed by atoms with Crippen LogP contribution >= 0.6 is 23.1 Å². The number of amides is 4. The number of thiophene rings is 1. The van der Waals surface area contributed by atoms with E-state index in [1.807, 2.05) is 23.6 Å². The molecular weight excluding hydrogens is 448 g/mol. The molecule has 0 radical (unpaired) electrons. The highest BCUT2D eigenvalue weighted by Crippen LogP contribution is 2.41. The monoisotopic (exact) mass is 468 g/mol. The standard InChI is InChI=1S/C21H20N6O3S2/c1-21(13-6-3-2-4-7-13)18(29)27(19(30)22-21)25-16(28)12-32-20-24-23-17(15-8-5-11-31-15)26(20)14-9-10-14/h2-8,11,14H,9-10,12H2,1H3,(H,22,30)(H,25,28)/t21-/m0/s1. The summed E-state index contributed by atoms with van der Waals surface area (Å²) >= 11 is 2.83. The molecule has 3 aromatic rings. The van der Waals surface area contributed by atoms with Crippen molar-refractivity contribution in [2.24, 2.45) is 0 Å². The summed E-state index contributed by atoms with van der Waals surface area (Å²) in [5.74, 6) is -0.209. The number of aromatic nitrogens is 3. The Morgan fingerprint density at radius 1 is 1.22 bits per heavy atom. The van der Waals surface area contributed by atoms with Crippen molar-refractivity contribution in [1.82, 2.24) is 30.5 Å². The van der Waals surface area contributed by atoms with Gasteiger partial charge in [-0.15, -0.1) is 21.5 Å². The van der Waals surface area contributed by atoms with Gasteiger partial charge >= 0.3 is 6.03 Å². The predicted octanol–water partition coefficient (Wildman–Crippen LogP) is 2.93. The van der Waals surface area contributed by atoms with Gasteiger partial charge in [-0.2, -0.15) is 5.01 Å². The summed E-state index contributed by atoms with van der Waals surface area (Å²) in [6.45, 7) is 1.62. The lowest BCUT2D eigenvalue weighted by Gasteiger charge is -2.22. The first-order valence-corrected chi connectivity index (χ1v) is 12.0. The summed E-state index contributed by atoms with van der Waals surface area (Å²) in [7, 11) is 0. The number of hydrazine groups is 1. The maximum Gasteiger partial charge on any atom is 0.344 e. The first-order valence-electron chi connectivity index (χ1n) is 10.1. The van der Waals surface area contributed by atoms with Crippen LogP contribution < -0.4 is 10.7 Å². The minimum atomic E-state index is -1.24. The fourth-order valence-electron chi connectivity index (χ4n) is 3.61. The van der Waals surface area contributed by atoms with Gasteiger partial charge in [0.25, 0.3) is 5.91 Å². The first kappa shape index (κ1) is 20.7. The van der Waals surface area contributed by atoms with Gasteiger partial charge in [0.15, 0.2) is 11.0 Å². The fraction of sp³-hybridized carbons (Fsp3) is 0.286. The minimum absolute atomic E-state index is 0.00555. The van der Waals surface area contributed by atoms with E-state index in [0.29, 0.717) is 16.8 Å². The smallest absolute Gasteiger partial charge is 0.318 e. The maximum absolute atomic E-state index is 12.9. The van der Waals surface area contributed by atoms with E-state index < -0.39 is 23.4 Å². The van der Waals surface area contributed by atoms with Crippen LogP contribution in [0.3, 0.4) is 0 Å². The Morgan fingerprint density at radius 3 is 2.69 bits per heavy atom. The van der Waals surface area contributed by atoms with E-state index in [0.717, 1.165) is 28.6 Å². The van der Waals surface area contributed by atoms with Crippen LogP contribution in [0.5, 0.6) is 0 Å². The molecule has 2 aromatic heterocycles. The zero-order chi connectivity index (χ0) is 22.3. The number of rotatable bonds is 7. The second-order valence-electron chi connectivity index (χ2n) is 7.77. The van der Waals surface area contributed by atoms with Crippen molar-refractivity contribution in [3.63, 3.8) is 0 Å². The van der Waals surface area contributed by atoms with E-state index in [4.69, 9.17) is 0 Å². The third kappa shape index (κ3) is 3.67. The van der Waals surface area contributed by atoms with E-state index in [-0.39, 0.29) is 5.75 Å². The first-order chi connectivity index (χ1) is 15.5. The summed E-state index contributed by atoms with van der Waals surface area (Å²) in [5, 5.41) is 14.6. The van der Waals surface area contributed by atoms with Crippen LogP contribution in [0.25, 0.3) is 10.7 Å². The van der Waals surface area contributed by atoms with Crippen molar-refractivity contribution in [2.45, 2.75) is 36.5 Å². The number of nitrogens with one attached hydrogen (secondary N) is 2. The molecule has 32 heavy (non-hydrogen) atoms. The molecule has 1 saturated carbocycles. The number of hydrogen-bond acceptors (Lipinski definition) is 7. The molecule has 2 N–H and O–H groups in total. The minimum Gasteiger partial charge on any atom is -0.318 e. The number of carbonyl (C=O) groups is 3. The number of urea groups is 1. The Kier molecular flexibility index (Phi) is 5.22. The molecule has 1 aromatic carbocycles. The molecule has 5 rings (SSSR count). The highest BCUT2D eigenvalue weighted by atomic mass is 32.2. The maximum atomic E-state index is 12.9. The number of hydrogen-bond donors (Lipinski definition) is 2. The van der Waals surface area contributed by atoms with E-state index in [2.05, 4.69) is 25.5 Å². The van der Waals surface area contributed by atoms with Crippen LogP contribution in [0, 0.1) is 0 Å². The summed E-state index contributed by atoms with van der Waals surface area (Å²) in [6.07, 6.45) is 2.10. The summed E-state index contributed by atoms with van der Waals surface area (Å²) in [6, 6.07) is 12.6. The van der Waals surface area contributed by atoms with Crippen LogP contribution in [0.2, 0.25) is 0 Å². The molecule has 1 saturated heterocycles. The Morgan fingerprint density at radius 2 is 2.00 bits per heavy atom. The van der Waals surface area contributed by atoms with E-state index >= 15 is 0 Å². The third-order valence-corrected chi connectivity index (χ3v) is 7.24. The van der Waals surface area contributed by atoms with Gasteiger partial charge in [-0.25, -0.2) is 4.79 Å². The van der Waals surface area contributed by atoms with Crippen molar-refractivity contribution >= 4 is 40.9 Å². The molecule has 9 nitrogen and oxygen atoms in total. The molecule has 11 heteroatoms. The number of thioether (sulfide) groups is 1. The van der Waals surface area contributed by atoms with Crippen LogP contribution in [0.1, 0.15) is 31.4 Å². The van der Waals surface area contributed by atoms with Crippen LogP contribution in [0.15, 0.2) is 53.0 Å². The van der Waals surface area contributed by atoms with Gasteiger partial charge in [0.05, 0.1) is 10.6 Å². The van der Waals surface area contributed by atoms with E-state index in [9.17, 15) is 14.4 Å². The predicted molar refractivity (Wildman–Crippen MR) is 120 cm³/mol. The Hall–Kier alpha value is -3.18. The zero-order valence-electron chi connectivity index (χ0n) is 17.1. The van der Waals surface area contributed by atoms with Gasteiger partial charge in [-0.05, 0) is 36.8 Å². The van der Waals surface area contributed by atoms with E-state index in [1.54, 1.807) is 42.5 Å². The average molecular weight is 469 g/mol. The molecule has 0 spiro atoms. The molecule has 0 unspecified atom stereocenters. The summed E-state index contributed by atoms with van der Waals surface area (Å²) in [4.78, 5) is 39.0. The van der Waals surface area contributed by atoms with Crippen molar-refractivity contribution in [2.75, 3.05) is 5.75 Å². The lowest BCUT2D eigenvalue weighted by molar-refractivity contribution is -0.138. The quantitative estimate of drug-likeness (QED) is 0.408. The van der Waals surface area contributed by atoms with Gasteiger partial charge in [0, 0.05) is 6.04 Å². The fourth-order valence-corrected chi connectivity index (χ4v) is 5.11. The normalized spacial score (nSPS) is 20.5. The Labute approximate surface area is 192 Å². The SMILES string of the molecule is C[C@@]1(c2ccccc2)NC(=O)N(NC(=O)CSc2nnc(-c3cccs3)n2C2CC2)C1=O. The highest BCUT2D eigenvalue weighted by Gasteiger charge is 2.50. The molecule has 1 aliphatic heterocycles. The van der Waals surface area contributed by atoms with Crippen molar-refractivity contribution in [3.05, 3.63) is 53.4 Å². The molecule has 2 fully saturated rings. The third-order valence-electron chi connectivity index (χ3n) is 5.43. The van der Waals surface area contributed by atoms with Gasteiger partial charge in [0.1, 0.15) is 5.54 Å². The second kappa shape index (κ2) is 8.06. The summed E-state index contributed by atoms with van der Waals surface area (Å²) in [5.41, 5.74) is 1.84. The topological polar surface area (TPSA) is 109 Å². The van der Waals surface area contributed by atoms with Crippen LogP contribution in [-0.4, -0.2) is 43.4 Å². The Balaban J connectivity index is 1.26.